The van der Waals surface area contributed by atoms with Crippen LogP contribution in [0.4, 0.5) is 0 Å². The maximum Gasteiger partial charge on any atom is 0.126 e. The highest BCUT2D eigenvalue weighted by atomic mass is 16.5. The lowest BCUT2D eigenvalue weighted by molar-refractivity contribution is 0.430. The first-order valence-corrected chi connectivity index (χ1v) is 3.91. The summed E-state index contributed by atoms with van der Waals surface area (Å²) < 4.78 is 5.24. The molecule has 0 unspecified atom stereocenters. The van der Waals surface area contributed by atoms with E-state index in [1.54, 1.807) is 31.2 Å². The van der Waals surface area contributed by atoms with Gasteiger partial charge in [0.2, 0.25) is 0 Å². The topological polar surface area (TPSA) is 29.5 Å². The minimum absolute atomic E-state index is 0.0573. The summed E-state index contributed by atoms with van der Waals surface area (Å²) in [5.41, 5.74) is 0.689. The van der Waals surface area contributed by atoms with E-state index in [-0.39, 0.29) is 5.76 Å². The molecule has 1 aromatic carbocycles. The van der Waals surface area contributed by atoms with Gasteiger partial charge >= 0.3 is 0 Å². The molecule has 68 valence electrons. The largest absolute Gasteiger partial charge is 0.508 e. The van der Waals surface area contributed by atoms with E-state index in [1.165, 1.54) is 0 Å². The number of hydrogen-bond donors (Lipinski definition) is 1. The van der Waals surface area contributed by atoms with Crippen molar-refractivity contribution < 1.29 is 9.84 Å². The molecule has 0 saturated carbocycles. The van der Waals surface area contributed by atoms with Crippen molar-refractivity contribution in [3.8, 4) is 5.75 Å². The van der Waals surface area contributed by atoms with Crippen LogP contribution in [0.15, 0.2) is 43.2 Å². The molecule has 0 saturated heterocycles. The molecule has 2 heteroatoms. The van der Waals surface area contributed by atoms with Crippen LogP contribution >= 0.6 is 0 Å². The van der Waals surface area contributed by atoms with Gasteiger partial charge in [-0.1, -0.05) is 13.2 Å². The highest BCUT2D eigenvalue weighted by molar-refractivity contribution is 5.56. The molecule has 0 heterocycles. The molecule has 0 radical (unpaired) electrons. The summed E-state index contributed by atoms with van der Waals surface area (Å²) in [4.78, 5) is 0. The van der Waals surface area contributed by atoms with Gasteiger partial charge in [0.05, 0.1) is 5.76 Å². The fourth-order valence-electron chi connectivity index (χ4n) is 0.917. The Labute approximate surface area is 77.8 Å². The van der Waals surface area contributed by atoms with E-state index < -0.39 is 0 Å². The van der Waals surface area contributed by atoms with Crippen LogP contribution in [0.2, 0.25) is 0 Å². The second kappa shape index (κ2) is 3.81. The lowest BCUT2D eigenvalue weighted by Gasteiger charge is -2.04. The van der Waals surface area contributed by atoms with Crippen LogP contribution in [0.5, 0.6) is 5.75 Å². The highest BCUT2D eigenvalue weighted by Crippen LogP contribution is 2.17. The summed E-state index contributed by atoms with van der Waals surface area (Å²) in [5, 5.41) is 9.04. The molecule has 1 rings (SSSR count). The lowest BCUT2D eigenvalue weighted by atomic mass is 10.2. The number of aliphatic hydroxyl groups is 1. The summed E-state index contributed by atoms with van der Waals surface area (Å²) in [7, 11) is 0. The Balaban J connectivity index is 2.81. The molecule has 0 spiro atoms. The SMILES string of the molecule is C=C(C)Oc1ccc(C(=C)O)cc1. The molecule has 0 fully saturated rings. The molecule has 0 aliphatic rings. The molecule has 1 aromatic rings. The zero-order valence-electron chi connectivity index (χ0n) is 7.58. The fraction of sp³-hybridized carbons (Fsp3) is 0.0909. The molecule has 0 aromatic heterocycles. The van der Waals surface area contributed by atoms with Crippen LogP contribution in [0.1, 0.15) is 12.5 Å². The summed E-state index contributed by atoms with van der Waals surface area (Å²) in [6.45, 7) is 8.81. The average Bonchev–Trinajstić information content (AvgIpc) is 2.04. The zero-order valence-corrected chi connectivity index (χ0v) is 7.58. The van der Waals surface area contributed by atoms with Crippen molar-refractivity contribution in [2.24, 2.45) is 0 Å². The number of rotatable bonds is 3. The normalized spacial score (nSPS) is 9.31. The van der Waals surface area contributed by atoms with Gasteiger partial charge in [-0.2, -0.15) is 0 Å². The van der Waals surface area contributed by atoms with Gasteiger partial charge in [0.25, 0.3) is 0 Å². The minimum Gasteiger partial charge on any atom is -0.508 e. The molecule has 13 heavy (non-hydrogen) atoms. The van der Waals surface area contributed by atoms with Gasteiger partial charge in [-0.15, -0.1) is 0 Å². The Bertz CT molecular complexity index is 322. The molecular formula is C11H12O2. The van der Waals surface area contributed by atoms with Crippen molar-refractivity contribution in [2.75, 3.05) is 0 Å². The molecule has 0 atom stereocenters. The van der Waals surface area contributed by atoms with Crippen LogP contribution in [-0.4, -0.2) is 5.11 Å². The lowest BCUT2D eigenvalue weighted by Crippen LogP contribution is -1.88. The standard InChI is InChI=1S/C11H12O2/c1-8(2)13-11-6-4-10(5-7-11)9(3)12/h4-7,12H,1,3H2,2H3. The second-order valence-electron chi connectivity index (χ2n) is 2.78. The smallest absolute Gasteiger partial charge is 0.126 e. The first kappa shape index (κ1) is 9.39. The van der Waals surface area contributed by atoms with E-state index >= 15 is 0 Å². The van der Waals surface area contributed by atoms with Crippen molar-refractivity contribution in [3.05, 3.63) is 48.7 Å². The van der Waals surface area contributed by atoms with Crippen LogP contribution in [-0.2, 0) is 0 Å². The van der Waals surface area contributed by atoms with Crippen LogP contribution in [0.3, 0.4) is 0 Å². The Kier molecular flexibility index (Phi) is 2.75. The quantitative estimate of drug-likeness (QED) is 0.717. The Morgan fingerprint density at radius 3 is 2.15 bits per heavy atom. The predicted octanol–water partition coefficient (Wildman–Crippen LogP) is 3.13. The molecule has 2 nitrogen and oxygen atoms in total. The van der Waals surface area contributed by atoms with Gasteiger partial charge in [-0.3, -0.25) is 0 Å². The third-order valence-electron chi connectivity index (χ3n) is 1.48. The van der Waals surface area contributed by atoms with E-state index in [9.17, 15) is 0 Å². The van der Waals surface area contributed by atoms with E-state index in [4.69, 9.17) is 9.84 Å². The van der Waals surface area contributed by atoms with Gasteiger partial charge in [0.15, 0.2) is 0 Å². The molecule has 0 amide bonds. The van der Waals surface area contributed by atoms with Crippen molar-refractivity contribution in [1.29, 1.82) is 0 Å². The number of allylic oxidation sites excluding steroid dienone is 1. The monoisotopic (exact) mass is 176 g/mol. The average molecular weight is 176 g/mol. The van der Waals surface area contributed by atoms with Gasteiger partial charge in [0, 0.05) is 5.56 Å². The number of hydrogen-bond acceptors (Lipinski definition) is 2. The minimum atomic E-state index is 0.0573. The van der Waals surface area contributed by atoms with E-state index in [1.807, 2.05) is 0 Å². The maximum atomic E-state index is 9.04. The molecule has 0 bridgehead atoms. The first-order valence-electron chi connectivity index (χ1n) is 3.91. The van der Waals surface area contributed by atoms with Crippen molar-refractivity contribution in [2.45, 2.75) is 6.92 Å². The predicted molar refractivity (Wildman–Crippen MR) is 53.5 cm³/mol. The van der Waals surface area contributed by atoms with Gasteiger partial charge < -0.3 is 9.84 Å². The number of ether oxygens (including phenoxy) is 1. The maximum absolute atomic E-state index is 9.04. The third kappa shape index (κ3) is 2.67. The van der Waals surface area contributed by atoms with E-state index in [0.29, 0.717) is 17.1 Å². The fourth-order valence-corrected chi connectivity index (χ4v) is 0.917. The summed E-state index contributed by atoms with van der Waals surface area (Å²) in [6, 6.07) is 6.98. The van der Waals surface area contributed by atoms with E-state index in [0.717, 1.165) is 0 Å². The number of benzene rings is 1. The van der Waals surface area contributed by atoms with Crippen molar-refractivity contribution >= 4 is 5.76 Å². The summed E-state index contributed by atoms with van der Waals surface area (Å²) >= 11 is 0. The third-order valence-corrected chi connectivity index (χ3v) is 1.48. The molecule has 1 N–H and O–H groups in total. The Hall–Kier alpha value is -1.70. The van der Waals surface area contributed by atoms with Gasteiger partial charge in [0.1, 0.15) is 11.5 Å². The van der Waals surface area contributed by atoms with E-state index in [2.05, 4.69) is 13.2 Å². The number of aliphatic hydroxyl groups excluding tert-OH is 1. The van der Waals surface area contributed by atoms with Crippen molar-refractivity contribution in [1.82, 2.24) is 0 Å². The summed E-state index contributed by atoms with van der Waals surface area (Å²) in [5.74, 6) is 1.40. The first-order chi connectivity index (χ1) is 6.09. The highest BCUT2D eigenvalue weighted by Gasteiger charge is 1.97. The molecular weight excluding hydrogens is 164 g/mol. The van der Waals surface area contributed by atoms with Crippen LogP contribution in [0, 0.1) is 0 Å². The van der Waals surface area contributed by atoms with Gasteiger partial charge in [-0.25, -0.2) is 0 Å². The second-order valence-corrected chi connectivity index (χ2v) is 2.78. The Morgan fingerprint density at radius 2 is 1.77 bits per heavy atom. The zero-order chi connectivity index (χ0) is 9.84. The molecule has 0 aliphatic heterocycles. The molecule has 0 aliphatic carbocycles. The van der Waals surface area contributed by atoms with Crippen LogP contribution in [0.25, 0.3) is 5.76 Å². The summed E-state index contributed by atoms with van der Waals surface area (Å²) in [6.07, 6.45) is 0. The van der Waals surface area contributed by atoms with Crippen LogP contribution < -0.4 is 4.74 Å². The van der Waals surface area contributed by atoms with Crippen molar-refractivity contribution in [3.63, 3.8) is 0 Å². The Morgan fingerprint density at radius 1 is 1.23 bits per heavy atom. The van der Waals surface area contributed by atoms with Gasteiger partial charge in [-0.05, 0) is 31.2 Å².